The first-order valence-corrected chi connectivity index (χ1v) is 7.05. The molecule has 0 spiro atoms. The van der Waals surface area contributed by atoms with Crippen molar-refractivity contribution in [2.75, 3.05) is 18.5 Å². The van der Waals surface area contributed by atoms with Crippen LogP contribution in [0, 0.1) is 5.92 Å². The van der Waals surface area contributed by atoms with Crippen molar-refractivity contribution in [2.45, 2.75) is 46.0 Å². The number of hydrogen-bond acceptors (Lipinski definition) is 4. The molecule has 1 heterocycles. The Morgan fingerprint density at radius 3 is 2.83 bits per heavy atom. The second-order valence-corrected chi connectivity index (χ2v) is 4.87. The Balaban J connectivity index is 2.02. The maximum absolute atomic E-state index is 5.84. The fourth-order valence-electron chi connectivity index (χ4n) is 2.04. The lowest BCUT2D eigenvalue weighted by Crippen LogP contribution is -2.09. The minimum atomic E-state index is 0.767. The third-order valence-electron chi connectivity index (χ3n) is 3.21. The molecule has 0 amide bonds. The second kappa shape index (κ2) is 6.57. The number of anilines is 1. The highest BCUT2D eigenvalue weighted by Gasteiger charge is 2.21. The summed E-state index contributed by atoms with van der Waals surface area (Å²) >= 11 is 0. The lowest BCUT2D eigenvalue weighted by atomic mass is 10.1. The van der Waals surface area contributed by atoms with Gasteiger partial charge in [-0.3, -0.25) is 0 Å². The molecular weight excluding hydrogens is 226 g/mol. The van der Waals surface area contributed by atoms with Crippen LogP contribution < -0.4 is 10.1 Å². The van der Waals surface area contributed by atoms with E-state index < -0.39 is 0 Å². The molecule has 1 fully saturated rings. The molecule has 1 N–H and O–H groups in total. The van der Waals surface area contributed by atoms with Crippen molar-refractivity contribution >= 4 is 5.82 Å². The van der Waals surface area contributed by atoms with Crippen LogP contribution in [-0.2, 0) is 6.42 Å². The number of aromatic nitrogens is 2. The van der Waals surface area contributed by atoms with Gasteiger partial charge in [0.1, 0.15) is 12.1 Å². The normalized spacial score (nSPS) is 14.6. The number of nitrogens with zero attached hydrogens (tertiary/aromatic N) is 2. The van der Waals surface area contributed by atoms with Gasteiger partial charge >= 0.3 is 0 Å². The quantitative estimate of drug-likeness (QED) is 0.769. The number of nitrogens with one attached hydrogen (secondary N) is 1. The largest absolute Gasteiger partial charge is 0.477 e. The third-order valence-corrected chi connectivity index (χ3v) is 3.21. The van der Waals surface area contributed by atoms with Gasteiger partial charge in [-0.25, -0.2) is 9.97 Å². The van der Waals surface area contributed by atoms with E-state index in [1.54, 1.807) is 6.33 Å². The maximum atomic E-state index is 5.84. The standard InChI is InChI=1S/C14H23N3O/c1-3-5-12-13(15-4-2)16-10-17-14(12)18-9-8-11-6-7-11/h10-11H,3-9H2,1-2H3,(H,15,16,17). The van der Waals surface area contributed by atoms with Gasteiger partial charge < -0.3 is 10.1 Å². The van der Waals surface area contributed by atoms with Crippen LogP contribution >= 0.6 is 0 Å². The van der Waals surface area contributed by atoms with Gasteiger partial charge in [-0.05, 0) is 25.7 Å². The Labute approximate surface area is 109 Å². The molecular formula is C14H23N3O. The van der Waals surface area contributed by atoms with Gasteiger partial charge in [0.05, 0.1) is 12.2 Å². The molecule has 0 radical (unpaired) electrons. The molecule has 100 valence electrons. The summed E-state index contributed by atoms with van der Waals surface area (Å²) in [7, 11) is 0. The lowest BCUT2D eigenvalue weighted by molar-refractivity contribution is 0.287. The van der Waals surface area contributed by atoms with Crippen LogP contribution in [-0.4, -0.2) is 23.1 Å². The Bertz CT molecular complexity index is 377. The van der Waals surface area contributed by atoms with E-state index in [1.807, 2.05) is 0 Å². The Kier molecular flexibility index (Phi) is 4.79. The predicted octanol–water partition coefficient (Wildman–Crippen LogP) is 3.04. The molecule has 4 heteroatoms. The van der Waals surface area contributed by atoms with Crippen LogP contribution in [0.15, 0.2) is 6.33 Å². The molecule has 1 aromatic rings. The van der Waals surface area contributed by atoms with Crippen molar-refractivity contribution < 1.29 is 4.74 Å². The zero-order valence-electron chi connectivity index (χ0n) is 11.4. The van der Waals surface area contributed by atoms with Crippen LogP contribution in [0.2, 0.25) is 0 Å². The van der Waals surface area contributed by atoms with E-state index in [9.17, 15) is 0 Å². The summed E-state index contributed by atoms with van der Waals surface area (Å²) in [5, 5.41) is 3.28. The highest BCUT2D eigenvalue weighted by Crippen LogP contribution is 2.32. The average molecular weight is 249 g/mol. The van der Waals surface area contributed by atoms with Crippen molar-refractivity contribution in [3.05, 3.63) is 11.9 Å². The van der Waals surface area contributed by atoms with Gasteiger partial charge in [-0.2, -0.15) is 0 Å². The smallest absolute Gasteiger partial charge is 0.221 e. The molecule has 0 bridgehead atoms. The minimum absolute atomic E-state index is 0.767. The second-order valence-electron chi connectivity index (χ2n) is 4.87. The van der Waals surface area contributed by atoms with Crippen LogP contribution in [0.5, 0.6) is 5.88 Å². The molecule has 1 aliphatic carbocycles. The SMILES string of the molecule is CCCc1c(NCC)ncnc1OCCC1CC1. The summed E-state index contributed by atoms with van der Waals surface area (Å²) in [6.07, 6.45) is 7.53. The molecule has 0 aromatic carbocycles. The minimum Gasteiger partial charge on any atom is -0.477 e. The van der Waals surface area contributed by atoms with E-state index in [1.165, 1.54) is 12.8 Å². The summed E-state index contributed by atoms with van der Waals surface area (Å²) in [6.45, 7) is 5.89. The monoisotopic (exact) mass is 249 g/mol. The molecule has 1 saturated carbocycles. The van der Waals surface area contributed by atoms with Gasteiger partial charge in [0.2, 0.25) is 5.88 Å². The molecule has 2 rings (SSSR count). The summed E-state index contributed by atoms with van der Waals surface area (Å²) in [5.74, 6) is 2.59. The van der Waals surface area contributed by atoms with E-state index >= 15 is 0 Å². The fraction of sp³-hybridized carbons (Fsp3) is 0.714. The Hall–Kier alpha value is -1.32. The Morgan fingerprint density at radius 2 is 2.17 bits per heavy atom. The summed E-state index contributed by atoms with van der Waals surface area (Å²) in [5.41, 5.74) is 1.12. The first kappa shape index (κ1) is 13.1. The number of rotatable bonds is 8. The first-order valence-electron chi connectivity index (χ1n) is 7.05. The fourth-order valence-corrected chi connectivity index (χ4v) is 2.04. The van der Waals surface area contributed by atoms with E-state index in [0.717, 1.165) is 55.6 Å². The van der Waals surface area contributed by atoms with Crippen LogP contribution in [0.1, 0.15) is 45.1 Å². The van der Waals surface area contributed by atoms with E-state index in [2.05, 4.69) is 29.1 Å². The first-order chi connectivity index (χ1) is 8.85. The van der Waals surface area contributed by atoms with Crippen molar-refractivity contribution in [3.8, 4) is 5.88 Å². The van der Waals surface area contributed by atoms with E-state index in [0.29, 0.717) is 0 Å². The molecule has 1 aromatic heterocycles. The maximum Gasteiger partial charge on any atom is 0.221 e. The molecule has 0 saturated heterocycles. The van der Waals surface area contributed by atoms with E-state index in [-0.39, 0.29) is 0 Å². The molecule has 0 aliphatic heterocycles. The Morgan fingerprint density at radius 1 is 1.33 bits per heavy atom. The molecule has 1 aliphatic rings. The van der Waals surface area contributed by atoms with Gasteiger partial charge in [-0.1, -0.05) is 26.2 Å². The molecule has 18 heavy (non-hydrogen) atoms. The van der Waals surface area contributed by atoms with Crippen molar-refractivity contribution in [2.24, 2.45) is 5.92 Å². The zero-order chi connectivity index (χ0) is 12.8. The summed E-state index contributed by atoms with van der Waals surface area (Å²) in [4.78, 5) is 8.59. The molecule has 4 nitrogen and oxygen atoms in total. The van der Waals surface area contributed by atoms with Gasteiger partial charge in [0.25, 0.3) is 0 Å². The topological polar surface area (TPSA) is 47.0 Å². The number of hydrogen-bond donors (Lipinski definition) is 1. The predicted molar refractivity (Wildman–Crippen MR) is 73.0 cm³/mol. The van der Waals surface area contributed by atoms with Crippen LogP contribution in [0.3, 0.4) is 0 Å². The van der Waals surface area contributed by atoms with Gasteiger partial charge in [0, 0.05) is 6.54 Å². The zero-order valence-corrected chi connectivity index (χ0v) is 11.4. The van der Waals surface area contributed by atoms with E-state index in [4.69, 9.17) is 4.74 Å². The summed E-state index contributed by atoms with van der Waals surface area (Å²) < 4.78 is 5.84. The highest BCUT2D eigenvalue weighted by atomic mass is 16.5. The van der Waals surface area contributed by atoms with Crippen molar-refractivity contribution in [1.82, 2.24) is 9.97 Å². The van der Waals surface area contributed by atoms with Crippen molar-refractivity contribution in [1.29, 1.82) is 0 Å². The third kappa shape index (κ3) is 3.59. The molecule has 0 unspecified atom stereocenters. The highest BCUT2D eigenvalue weighted by molar-refractivity contribution is 5.48. The number of ether oxygens (including phenoxy) is 1. The molecule has 0 atom stereocenters. The van der Waals surface area contributed by atoms with Crippen molar-refractivity contribution in [3.63, 3.8) is 0 Å². The lowest BCUT2D eigenvalue weighted by Gasteiger charge is -2.13. The van der Waals surface area contributed by atoms with Gasteiger partial charge in [-0.15, -0.1) is 0 Å². The summed E-state index contributed by atoms with van der Waals surface area (Å²) in [6, 6.07) is 0. The van der Waals surface area contributed by atoms with Gasteiger partial charge in [0.15, 0.2) is 0 Å². The van der Waals surface area contributed by atoms with Crippen LogP contribution in [0.4, 0.5) is 5.82 Å². The average Bonchev–Trinajstić information content (AvgIpc) is 3.17. The van der Waals surface area contributed by atoms with Crippen LogP contribution in [0.25, 0.3) is 0 Å².